The summed E-state index contributed by atoms with van der Waals surface area (Å²) in [5, 5.41) is 3.06. The first-order valence-corrected chi connectivity index (χ1v) is 7.23. The summed E-state index contributed by atoms with van der Waals surface area (Å²) in [6, 6.07) is 7.67. The van der Waals surface area contributed by atoms with Crippen molar-refractivity contribution in [3.05, 3.63) is 29.8 Å². The molecule has 0 aliphatic carbocycles. The third-order valence-electron chi connectivity index (χ3n) is 3.72. The normalized spacial score (nSPS) is 10.6. The molecular weight excluding hydrogens is 236 g/mol. The molecule has 0 unspecified atom stereocenters. The summed E-state index contributed by atoms with van der Waals surface area (Å²) in [6.45, 7) is 8.05. The van der Waals surface area contributed by atoms with Gasteiger partial charge < -0.3 is 10.2 Å². The monoisotopic (exact) mass is 262 g/mol. The van der Waals surface area contributed by atoms with Gasteiger partial charge in [-0.05, 0) is 37.1 Å². The van der Waals surface area contributed by atoms with E-state index in [-0.39, 0.29) is 5.91 Å². The predicted molar refractivity (Wildman–Crippen MR) is 81.6 cm³/mol. The van der Waals surface area contributed by atoms with Gasteiger partial charge >= 0.3 is 0 Å². The first-order chi connectivity index (χ1) is 9.15. The number of rotatable bonds is 7. The number of hydrogen-bond acceptors (Lipinski definition) is 2. The molecular formula is C16H26N2O. The lowest BCUT2D eigenvalue weighted by Crippen LogP contribution is -2.35. The zero-order valence-corrected chi connectivity index (χ0v) is 12.6. The number of hydrogen-bond donors (Lipinski definition) is 1. The largest absolute Gasteiger partial charge is 0.388 e. The number of carbonyl (C=O) groups excluding carboxylic acids is 1. The molecule has 3 nitrogen and oxygen atoms in total. The highest BCUT2D eigenvalue weighted by Gasteiger charge is 2.17. The van der Waals surface area contributed by atoms with Gasteiger partial charge in [-0.25, -0.2) is 0 Å². The maximum atomic E-state index is 12.4. The summed E-state index contributed by atoms with van der Waals surface area (Å²) >= 11 is 0. The van der Waals surface area contributed by atoms with Crippen LogP contribution in [0.3, 0.4) is 0 Å². The van der Waals surface area contributed by atoms with E-state index in [1.165, 1.54) is 0 Å². The van der Waals surface area contributed by atoms with Crippen molar-refractivity contribution in [3.63, 3.8) is 0 Å². The van der Waals surface area contributed by atoms with Crippen molar-refractivity contribution in [1.29, 1.82) is 0 Å². The number of amides is 1. The fraction of sp³-hybridized carbons (Fsp3) is 0.562. The van der Waals surface area contributed by atoms with Crippen LogP contribution in [0.4, 0.5) is 5.69 Å². The van der Waals surface area contributed by atoms with E-state index in [0.717, 1.165) is 37.2 Å². The molecule has 0 atom stereocenters. The Bertz CT molecular complexity index is 382. The van der Waals surface area contributed by atoms with E-state index in [9.17, 15) is 4.79 Å². The zero-order valence-electron chi connectivity index (χ0n) is 12.6. The standard InChI is InChI=1S/C16H26N2O/c1-5-13(6-2)12-18(7-3)16(19)14-8-10-15(17-4)11-9-14/h8-11,13,17H,5-7,12H2,1-4H3. The van der Waals surface area contributed by atoms with Gasteiger partial charge in [-0.2, -0.15) is 0 Å². The molecule has 1 aromatic carbocycles. The smallest absolute Gasteiger partial charge is 0.253 e. The molecule has 1 aromatic rings. The molecule has 106 valence electrons. The number of carbonyl (C=O) groups is 1. The highest BCUT2D eigenvalue weighted by atomic mass is 16.2. The van der Waals surface area contributed by atoms with Gasteiger partial charge in [0.05, 0.1) is 0 Å². The van der Waals surface area contributed by atoms with E-state index < -0.39 is 0 Å². The fourth-order valence-corrected chi connectivity index (χ4v) is 2.18. The van der Waals surface area contributed by atoms with Gasteiger partial charge in [-0.15, -0.1) is 0 Å². The lowest BCUT2D eigenvalue weighted by molar-refractivity contribution is 0.0735. The highest BCUT2D eigenvalue weighted by molar-refractivity contribution is 5.94. The Morgan fingerprint density at radius 1 is 1.16 bits per heavy atom. The molecule has 1 amide bonds. The Morgan fingerprint density at radius 2 is 1.74 bits per heavy atom. The molecule has 0 radical (unpaired) electrons. The zero-order chi connectivity index (χ0) is 14.3. The van der Waals surface area contributed by atoms with Crippen molar-refractivity contribution in [1.82, 2.24) is 4.90 Å². The lowest BCUT2D eigenvalue weighted by Gasteiger charge is -2.25. The third kappa shape index (κ3) is 4.27. The summed E-state index contributed by atoms with van der Waals surface area (Å²) in [5.74, 6) is 0.734. The minimum Gasteiger partial charge on any atom is -0.388 e. The summed E-state index contributed by atoms with van der Waals surface area (Å²) in [5.41, 5.74) is 1.80. The van der Waals surface area contributed by atoms with Crippen molar-refractivity contribution in [2.75, 3.05) is 25.5 Å². The molecule has 0 heterocycles. The second-order valence-electron chi connectivity index (χ2n) is 4.85. The van der Waals surface area contributed by atoms with Crippen molar-refractivity contribution >= 4 is 11.6 Å². The SMILES string of the molecule is CCC(CC)CN(CC)C(=O)c1ccc(NC)cc1. The number of nitrogens with one attached hydrogen (secondary N) is 1. The molecule has 0 bridgehead atoms. The number of benzene rings is 1. The van der Waals surface area contributed by atoms with E-state index in [0.29, 0.717) is 5.92 Å². The van der Waals surface area contributed by atoms with Crippen LogP contribution in [0.2, 0.25) is 0 Å². The van der Waals surface area contributed by atoms with Gasteiger partial charge in [-0.3, -0.25) is 4.79 Å². The third-order valence-corrected chi connectivity index (χ3v) is 3.72. The molecule has 0 saturated heterocycles. The summed E-state index contributed by atoms with van der Waals surface area (Å²) in [7, 11) is 1.88. The summed E-state index contributed by atoms with van der Waals surface area (Å²) in [6.07, 6.45) is 2.25. The van der Waals surface area contributed by atoms with Gasteiger partial charge in [-0.1, -0.05) is 26.7 Å². The molecule has 1 N–H and O–H groups in total. The van der Waals surface area contributed by atoms with Crippen LogP contribution in [-0.4, -0.2) is 30.9 Å². The van der Waals surface area contributed by atoms with Gasteiger partial charge in [0.2, 0.25) is 0 Å². The molecule has 0 fully saturated rings. The molecule has 3 heteroatoms. The predicted octanol–water partition coefficient (Wildman–Crippen LogP) is 3.63. The van der Waals surface area contributed by atoms with Gasteiger partial charge in [0.15, 0.2) is 0 Å². The first-order valence-electron chi connectivity index (χ1n) is 7.23. The van der Waals surface area contributed by atoms with Crippen LogP contribution < -0.4 is 5.32 Å². The van der Waals surface area contributed by atoms with Gasteiger partial charge in [0.1, 0.15) is 0 Å². The number of anilines is 1. The molecule has 0 aromatic heterocycles. The summed E-state index contributed by atoms with van der Waals surface area (Å²) < 4.78 is 0. The topological polar surface area (TPSA) is 32.3 Å². The summed E-state index contributed by atoms with van der Waals surface area (Å²) in [4.78, 5) is 14.4. The van der Waals surface area contributed by atoms with Crippen molar-refractivity contribution < 1.29 is 4.79 Å². The van der Waals surface area contributed by atoms with Crippen LogP contribution in [0, 0.1) is 5.92 Å². The molecule has 19 heavy (non-hydrogen) atoms. The van der Waals surface area contributed by atoms with Crippen LogP contribution >= 0.6 is 0 Å². The number of nitrogens with zero attached hydrogens (tertiary/aromatic N) is 1. The van der Waals surface area contributed by atoms with E-state index in [4.69, 9.17) is 0 Å². The first kappa shape index (κ1) is 15.5. The van der Waals surface area contributed by atoms with E-state index in [1.54, 1.807) is 0 Å². The Hall–Kier alpha value is -1.51. The maximum absolute atomic E-state index is 12.4. The van der Waals surface area contributed by atoms with Gasteiger partial charge in [0, 0.05) is 31.4 Å². The minimum absolute atomic E-state index is 0.136. The fourth-order valence-electron chi connectivity index (χ4n) is 2.18. The van der Waals surface area contributed by atoms with E-state index >= 15 is 0 Å². The quantitative estimate of drug-likeness (QED) is 0.814. The average molecular weight is 262 g/mol. The van der Waals surface area contributed by atoms with Gasteiger partial charge in [0.25, 0.3) is 5.91 Å². The maximum Gasteiger partial charge on any atom is 0.253 e. The molecule has 0 aliphatic rings. The van der Waals surface area contributed by atoms with E-state index in [2.05, 4.69) is 19.2 Å². The van der Waals surface area contributed by atoms with Crippen molar-refractivity contribution in [2.45, 2.75) is 33.6 Å². The molecule has 0 saturated carbocycles. The van der Waals surface area contributed by atoms with Crippen LogP contribution in [0.5, 0.6) is 0 Å². The second kappa shape index (κ2) is 7.82. The average Bonchev–Trinajstić information content (AvgIpc) is 2.48. The highest BCUT2D eigenvalue weighted by Crippen LogP contribution is 2.14. The van der Waals surface area contributed by atoms with Crippen LogP contribution in [0.15, 0.2) is 24.3 Å². The lowest BCUT2D eigenvalue weighted by atomic mass is 10.0. The second-order valence-corrected chi connectivity index (χ2v) is 4.85. The Balaban J connectivity index is 2.76. The van der Waals surface area contributed by atoms with Crippen LogP contribution in [-0.2, 0) is 0 Å². The van der Waals surface area contributed by atoms with Crippen LogP contribution in [0.25, 0.3) is 0 Å². The Labute approximate surface area is 117 Å². The Kier molecular flexibility index (Phi) is 6.40. The minimum atomic E-state index is 0.136. The molecule has 1 rings (SSSR count). The van der Waals surface area contributed by atoms with Crippen molar-refractivity contribution in [3.8, 4) is 0 Å². The Morgan fingerprint density at radius 3 is 2.16 bits per heavy atom. The molecule has 0 aliphatic heterocycles. The molecule has 0 spiro atoms. The van der Waals surface area contributed by atoms with E-state index in [1.807, 2.05) is 43.1 Å². The van der Waals surface area contributed by atoms with Crippen molar-refractivity contribution in [2.24, 2.45) is 5.92 Å². The van der Waals surface area contributed by atoms with Crippen LogP contribution in [0.1, 0.15) is 44.0 Å².